The molecule has 0 fully saturated rings. The maximum atomic E-state index is 11.8. The molecule has 18 heavy (non-hydrogen) atoms. The molecule has 1 heterocycles. The summed E-state index contributed by atoms with van der Waals surface area (Å²) in [5.41, 5.74) is 0.864. The lowest BCUT2D eigenvalue weighted by molar-refractivity contribution is 0.519. The Kier molecular flexibility index (Phi) is 6.43. The third-order valence-corrected chi connectivity index (χ3v) is 2.99. The van der Waals surface area contributed by atoms with Gasteiger partial charge in [0.25, 0.3) is 5.56 Å². The molecule has 0 aliphatic rings. The highest BCUT2D eigenvalue weighted by molar-refractivity contribution is 5.41. The molecule has 0 aromatic carbocycles. The van der Waals surface area contributed by atoms with Crippen LogP contribution in [-0.2, 0) is 6.54 Å². The average Bonchev–Trinajstić information content (AvgIpc) is 2.39. The van der Waals surface area contributed by atoms with E-state index in [1.165, 1.54) is 0 Å². The van der Waals surface area contributed by atoms with Gasteiger partial charge in [-0.15, -0.1) is 0 Å². The highest BCUT2D eigenvalue weighted by Gasteiger charge is 2.02. The van der Waals surface area contributed by atoms with Crippen molar-refractivity contribution in [2.45, 2.75) is 33.2 Å². The van der Waals surface area contributed by atoms with Crippen molar-refractivity contribution in [1.29, 1.82) is 0 Å². The van der Waals surface area contributed by atoms with E-state index >= 15 is 0 Å². The Morgan fingerprint density at radius 1 is 1.39 bits per heavy atom. The van der Waals surface area contributed by atoms with E-state index in [9.17, 15) is 4.79 Å². The van der Waals surface area contributed by atoms with E-state index < -0.39 is 0 Å². The van der Waals surface area contributed by atoms with Crippen LogP contribution in [0.15, 0.2) is 17.1 Å². The van der Waals surface area contributed by atoms with Crippen LogP contribution in [0.5, 0.6) is 0 Å². The van der Waals surface area contributed by atoms with Crippen molar-refractivity contribution in [2.75, 3.05) is 31.6 Å². The Hall–Kier alpha value is -1.36. The second kappa shape index (κ2) is 7.87. The summed E-state index contributed by atoms with van der Waals surface area (Å²) in [4.78, 5) is 13.8. The van der Waals surface area contributed by atoms with Gasteiger partial charge in [-0.2, -0.15) is 5.10 Å². The van der Waals surface area contributed by atoms with Gasteiger partial charge in [-0.05, 0) is 32.9 Å². The summed E-state index contributed by atoms with van der Waals surface area (Å²) in [5, 5.41) is 7.47. The molecule has 102 valence electrons. The molecular formula is C13H24N4O. The van der Waals surface area contributed by atoms with E-state index in [0.717, 1.165) is 38.2 Å². The molecule has 0 spiro atoms. The SMILES string of the molecule is CCNCCCCn1ncc(N(C)CC)cc1=O. The lowest BCUT2D eigenvalue weighted by Gasteiger charge is -2.16. The first-order valence-electron chi connectivity index (χ1n) is 6.68. The molecule has 0 saturated heterocycles. The maximum absolute atomic E-state index is 11.8. The maximum Gasteiger partial charge on any atom is 0.268 e. The monoisotopic (exact) mass is 252 g/mol. The van der Waals surface area contributed by atoms with Crippen LogP contribution in [0.25, 0.3) is 0 Å². The van der Waals surface area contributed by atoms with Crippen LogP contribution in [-0.4, -0.2) is 36.5 Å². The lowest BCUT2D eigenvalue weighted by atomic mass is 10.3. The van der Waals surface area contributed by atoms with E-state index in [1.807, 2.05) is 18.9 Å². The van der Waals surface area contributed by atoms with Gasteiger partial charge >= 0.3 is 0 Å². The minimum atomic E-state index is -0.0174. The summed E-state index contributed by atoms with van der Waals surface area (Å²) in [5.74, 6) is 0. The van der Waals surface area contributed by atoms with Crippen molar-refractivity contribution < 1.29 is 0 Å². The number of hydrogen-bond donors (Lipinski definition) is 1. The molecule has 0 atom stereocenters. The van der Waals surface area contributed by atoms with Crippen LogP contribution >= 0.6 is 0 Å². The normalized spacial score (nSPS) is 10.6. The second-order valence-electron chi connectivity index (χ2n) is 4.35. The number of nitrogens with one attached hydrogen (secondary N) is 1. The Bertz CT molecular complexity index is 402. The molecule has 1 aromatic rings. The molecule has 0 aliphatic heterocycles. The first kappa shape index (κ1) is 14.7. The highest BCUT2D eigenvalue weighted by Crippen LogP contribution is 2.05. The van der Waals surface area contributed by atoms with Gasteiger partial charge < -0.3 is 10.2 Å². The number of anilines is 1. The predicted molar refractivity (Wildman–Crippen MR) is 75.2 cm³/mol. The molecule has 1 aromatic heterocycles. The standard InChI is InChI=1S/C13H24N4O/c1-4-14-8-6-7-9-17-13(18)10-12(11-15-17)16(3)5-2/h10-11,14H,4-9H2,1-3H3. The number of rotatable bonds is 8. The average molecular weight is 252 g/mol. The fraction of sp³-hybridized carbons (Fsp3) is 0.692. The van der Waals surface area contributed by atoms with E-state index in [4.69, 9.17) is 0 Å². The molecule has 0 radical (unpaired) electrons. The summed E-state index contributed by atoms with van der Waals surface area (Å²) >= 11 is 0. The van der Waals surface area contributed by atoms with Gasteiger partial charge in [0.1, 0.15) is 0 Å². The first-order valence-corrected chi connectivity index (χ1v) is 6.68. The molecule has 5 heteroatoms. The van der Waals surface area contributed by atoms with Crippen LogP contribution in [0.1, 0.15) is 26.7 Å². The van der Waals surface area contributed by atoms with Crippen molar-refractivity contribution in [3.8, 4) is 0 Å². The van der Waals surface area contributed by atoms with Gasteiger partial charge in [-0.1, -0.05) is 6.92 Å². The predicted octanol–water partition coefficient (Wildman–Crippen LogP) is 1.09. The van der Waals surface area contributed by atoms with Crippen molar-refractivity contribution in [2.24, 2.45) is 0 Å². The molecule has 1 N–H and O–H groups in total. The topological polar surface area (TPSA) is 50.2 Å². The first-order chi connectivity index (χ1) is 8.69. The number of aryl methyl sites for hydroxylation is 1. The molecule has 0 aliphatic carbocycles. The molecular weight excluding hydrogens is 228 g/mol. The zero-order valence-corrected chi connectivity index (χ0v) is 11.6. The Labute approximate surface area is 109 Å². The fourth-order valence-electron chi connectivity index (χ4n) is 1.67. The number of hydrogen-bond acceptors (Lipinski definition) is 4. The van der Waals surface area contributed by atoms with Gasteiger partial charge in [0, 0.05) is 26.2 Å². The van der Waals surface area contributed by atoms with Crippen LogP contribution in [0.3, 0.4) is 0 Å². The van der Waals surface area contributed by atoms with E-state index in [0.29, 0.717) is 6.54 Å². The minimum absolute atomic E-state index is 0.0174. The summed E-state index contributed by atoms with van der Waals surface area (Å²) in [6, 6.07) is 1.65. The van der Waals surface area contributed by atoms with Crippen LogP contribution in [0.4, 0.5) is 5.69 Å². The Morgan fingerprint density at radius 3 is 2.78 bits per heavy atom. The third kappa shape index (κ3) is 4.49. The van der Waals surface area contributed by atoms with Crippen molar-refractivity contribution in [3.63, 3.8) is 0 Å². The summed E-state index contributed by atoms with van der Waals surface area (Å²) < 4.78 is 1.54. The highest BCUT2D eigenvalue weighted by atomic mass is 16.1. The lowest BCUT2D eigenvalue weighted by Crippen LogP contribution is -2.26. The van der Waals surface area contributed by atoms with E-state index in [2.05, 4.69) is 17.3 Å². The van der Waals surface area contributed by atoms with Crippen molar-refractivity contribution in [3.05, 3.63) is 22.6 Å². The molecule has 0 bridgehead atoms. The zero-order chi connectivity index (χ0) is 13.4. The Balaban J connectivity index is 2.50. The van der Waals surface area contributed by atoms with E-state index in [-0.39, 0.29) is 5.56 Å². The zero-order valence-electron chi connectivity index (χ0n) is 11.6. The number of unbranched alkanes of at least 4 members (excludes halogenated alkanes) is 1. The van der Waals surface area contributed by atoms with Crippen LogP contribution in [0, 0.1) is 0 Å². The molecule has 0 amide bonds. The Morgan fingerprint density at radius 2 is 2.17 bits per heavy atom. The fourth-order valence-corrected chi connectivity index (χ4v) is 1.67. The summed E-state index contributed by atoms with van der Waals surface area (Å²) in [7, 11) is 1.96. The third-order valence-electron chi connectivity index (χ3n) is 2.99. The van der Waals surface area contributed by atoms with E-state index in [1.54, 1.807) is 16.9 Å². The van der Waals surface area contributed by atoms with Crippen molar-refractivity contribution in [1.82, 2.24) is 15.1 Å². The van der Waals surface area contributed by atoms with Crippen LogP contribution in [0.2, 0.25) is 0 Å². The molecule has 0 saturated carbocycles. The van der Waals surface area contributed by atoms with Gasteiger partial charge in [0.05, 0.1) is 11.9 Å². The van der Waals surface area contributed by atoms with Gasteiger partial charge in [0.15, 0.2) is 0 Å². The minimum Gasteiger partial charge on any atom is -0.373 e. The number of nitrogens with zero attached hydrogens (tertiary/aromatic N) is 3. The summed E-state index contributed by atoms with van der Waals surface area (Å²) in [6.45, 7) is 7.70. The van der Waals surface area contributed by atoms with Gasteiger partial charge in [-0.25, -0.2) is 4.68 Å². The molecule has 1 rings (SSSR count). The van der Waals surface area contributed by atoms with Crippen molar-refractivity contribution >= 4 is 5.69 Å². The van der Waals surface area contributed by atoms with Crippen LogP contribution < -0.4 is 15.8 Å². The second-order valence-corrected chi connectivity index (χ2v) is 4.35. The van der Waals surface area contributed by atoms with Gasteiger partial charge in [0.2, 0.25) is 0 Å². The largest absolute Gasteiger partial charge is 0.373 e. The summed E-state index contributed by atoms with van der Waals surface area (Å²) in [6.07, 6.45) is 3.80. The quantitative estimate of drug-likeness (QED) is 0.704. The van der Waals surface area contributed by atoms with Gasteiger partial charge in [-0.3, -0.25) is 4.79 Å². The number of aromatic nitrogens is 2. The molecule has 0 unspecified atom stereocenters. The molecule has 5 nitrogen and oxygen atoms in total. The smallest absolute Gasteiger partial charge is 0.268 e.